The normalized spacial score (nSPS) is 24.9. The van der Waals surface area contributed by atoms with Crippen LogP contribution in [0, 0.1) is 5.82 Å². The van der Waals surface area contributed by atoms with Crippen molar-refractivity contribution >= 4 is 23.4 Å². The van der Waals surface area contributed by atoms with Crippen molar-refractivity contribution in [1.29, 1.82) is 0 Å². The fourth-order valence-electron chi connectivity index (χ4n) is 5.07. The van der Waals surface area contributed by atoms with Gasteiger partial charge in [-0.15, -0.1) is 13.2 Å². The maximum absolute atomic E-state index is 13.5. The molecule has 7 nitrogen and oxygen atoms in total. The number of benzene rings is 2. The molecule has 2 aromatic carbocycles. The molecule has 1 atom stereocenters. The molecule has 0 radical (unpaired) electrons. The van der Waals surface area contributed by atoms with Crippen LogP contribution in [0.25, 0.3) is 0 Å². The van der Waals surface area contributed by atoms with E-state index in [1.807, 2.05) is 0 Å². The first-order valence-electron chi connectivity index (χ1n) is 11.6. The van der Waals surface area contributed by atoms with Crippen LogP contribution in [0.1, 0.15) is 37.7 Å². The summed E-state index contributed by atoms with van der Waals surface area (Å²) >= 11 is 5.64. The summed E-state index contributed by atoms with van der Waals surface area (Å²) in [5.41, 5.74) is -1.22. The molecule has 0 aliphatic heterocycles. The molecule has 0 saturated heterocycles. The van der Waals surface area contributed by atoms with E-state index in [2.05, 4.69) is 15.4 Å². The number of fused-ring (bicyclic) bond motifs is 3. The van der Waals surface area contributed by atoms with E-state index in [0.717, 1.165) is 18.2 Å². The molecule has 2 aromatic rings. The van der Waals surface area contributed by atoms with Gasteiger partial charge in [-0.05, 0) is 61.9 Å². The number of aliphatic hydroxyl groups is 1. The first-order chi connectivity index (χ1) is 17.4. The molecule has 5 rings (SSSR count). The van der Waals surface area contributed by atoms with E-state index in [-0.39, 0.29) is 30.2 Å². The topological polar surface area (TPSA) is 96.9 Å². The van der Waals surface area contributed by atoms with Crippen molar-refractivity contribution in [1.82, 2.24) is 10.6 Å². The Morgan fingerprint density at radius 1 is 1.03 bits per heavy atom. The molecule has 1 unspecified atom stereocenters. The van der Waals surface area contributed by atoms with Crippen molar-refractivity contribution in [3.8, 4) is 11.5 Å². The highest BCUT2D eigenvalue weighted by atomic mass is 35.5. The number of aliphatic hydroxyl groups excluding tert-OH is 1. The van der Waals surface area contributed by atoms with E-state index in [4.69, 9.17) is 16.3 Å². The fraction of sp³-hybridized carbons (Fsp3) is 0.440. The molecule has 2 bridgehead atoms. The van der Waals surface area contributed by atoms with Gasteiger partial charge in [-0.2, -0.15) is 0 Å². The highest BCUT2D eigenvalue weighted by Crippen LogP contribution is 2.47. The zero-order valence-corrected chi connectivity index (χ0v) is 20.3. The third-order valence-electron chi connectivity index (χ3n) is 6.87. The minimum Gasteiger partial charge on any atom is -0.484 e. The Morgan fingerprint density at radius 3 is 2.41 bits per heavy atom. The van der Waals surface area contributed by atoms with Gasteiger partial charge in [0.2, 0.25) is 5.91 Å². The van der Waals surface area contributed by atoms with Crippen LogP contribution in [0.15, 0.2) is 42.5 Å². The third kappa shape index (κ3) is 6.64. The van der Waals surface area contributed by atoms with Crippen LogP contribution < -0.4 is 20.1 Å². The number of amides is 2. The summed E-state index contributed by atoms with van der Waals surface area (Å²) in [4.78, 5) is 25.2. The Kier molecular flexibility index (Phi) is 7.57. The Balaban J connectivity index is 1.30. The van der Waals surface area contributed by atoms with Crippen molar-refractivity contribution in [3.63, 3.8) is 0 Å². The first kappa shape index (κ1) is 27.0. The number of hydrogen-bond donors (Lipinski definition) is 3. The zero-order valence-electron chi connectivity index (χ0n) is 19.5. The van der Waals surface area contributed by atoms with Gasteiger partial charge < -0.3 is 25.2 Å². The fourth-order valence-corrected chi connectivity index (χ4v) is 5.19. The SMILES string of the molecule is O=C(COc1ccc(Cl)c(F)c1)NC12CCC(NC(=O)Cc3cccc(OC(F)(F)F)c3)(CC1)C(O)C2. The van der Waals surface area contributed by atoms with Crippen LogP contribution in [-0.2, 0) is 16.0 Å². The molecule has 0 spiro atoms. The number of nitrogens with one attached hydrogen (secondary N) is 2. The van der Waals surface area contributed by atoms with Crippen molar-refractivity contribution in [2.24, 2.45) is 0 Å². The molecule has 3 aliphatic carbocycles. The molecule has 3 N–H and O–H groups in total. The Labute approximate surface area is 215 Å². The molecule has 0 aromatic heterocycles. The predicted molar refractivity (Wildman–Crippen MR) is 125 cm³/mol. The number of carbonyl (C=O) groups is 2. The molecule has 3 fully saturated rings. The molecule has 3 aliphatic rings. The predicted octanol–water partition coefficient (Wildman–Crippen LogP) is 4.05. The monoisotopic (exact) mass is 544 g/mol. The van der Waals surface area contributed by atoms with E-state index in [0.29, 0.717) is 31.2 Å². The summed E-state index contributed by atoms with van der Waals surface area (Å²) in [6, 6.07) is 9.01. The molecule has 12 heteroatoms. The highest BCUT2D eigenvalue weighted by Gasteiger charge is 2.55. The molecule has 37 heavy (non-hydrogen) atoms. The van der Waals surface area contributed by atoms with Crippen LogP contribution in [-0.4, -0.2) is 47.1 Å². The van der Waals surface area contributed by atoms with Gasteiger partial charge >= 0.3 is 6.36 Å². The van der Waals surface area contributed by atoms with Crippen LogP contribution in [0.4, 0.5) is 17.6 Å². The molecular weight excluding hydrogens is 520 g/mol. The number of carbonyl (C=O) groups excluding carboxylic acids is 2. The first-order valence-corrected chi connectivity index (χ1v) is 12.0. The highest BCUT2D eigenvalue weighted by molar-refractivity contribution is 6.30. The van der Waals surface area contributed by atoms with Gasteiger partial charge in [0.25, 0.3) is 5.91 Å². The number of halogens is 5. The Hall–Kier alpha value is -3.05. The minimum absolute atomic E-state index is 0.0614. The lowest BCUT2D eigenvalue weighted by atomic mass is 9.60. The van der Waals surface area contributed by atoms with Gasteiger partial charge in [0, 0.05) is 11.6 Å². The standard InChI is InChI=1S/C25H25ClF4N2O5/c26-18-5-4-16(12-19(18)27)36-14-22(35)31-23-6-8-24(9-7-23,20(33)13-23)32-21(34)11-15-2-1-3-17(10-15)37-25(28,29)30/h1-5,10,12,20,33H,6-9,11,13-14H2,(H,31,35)(H,32,34). The summed E-state index contributed by atoms with van der Waals surface area (Å²) < 4.78 is 60.2. The summed E-state index contributed by atoms with van der Waals surface area (Å²) in [7, 11) is 0. The third-order valence-corrected chi connectivity index (χ3v) is 7.18. The van der Waals surface area contributed by atoms with Gasteiger partial charge in [-0.3, -0.25) is 9.59 Å². The second-order valence-corrected chi connectivity index (χ2v) is 9.90. The zero-order chi connectivity index (χ0) is 26.8. The van der Waals surface area contributed by atoms with Crippen molar-refractivity contribution in [3.05, 3.63) is 58.9 Å². The molecular formula is C25H25ClF4N2O5. The summed E-state index contributed by atoms with van der Waals surface area (Å²) in [6.07, 6.45) is -3.94. The van der Waals surface area contributed by atoms with Crippen LogP contribution >= 0.6 is 11.6 Å². The van der Waals surface area contributed by atoms with E-state index in [1.165, 1.54) is 24.3 Å². The average molecular weight is 545 g/mol. The van der Waals surface area contributed by atoms with Crippen LogP contribution in [0.5, 0.6) is 11.5 Å². The average Bonchev–Trinajstić information content (AvgIpc) is 2.80. The van der Waals surface area contributed by atoms with Gasteiger partial charge in [0.1, 0.15) is 17.3 Å². The largest absolute Gasteiger partial charge is 0.573 e. The van der Waals surface area contributed by atoms with E-state index >= 15 is 0 Å². The van der Waals surface area contributed by atoms with E-state index in [1.54, 1.807) is 0 Å². The van der Waals surface area contributed by atoms with Crippen molar-refractivity contribution in [2.45, 2.75) is 62.1 Å². The Bertz CT molecular complexity index is 1170. The van der Waals surface area contributed by atoms with E-state index in [9.17, 15) is 32.3 Å². The Morgan fingerprint density at radius 2 is 1.76 bits per heavy atom. The number of alkyl halides is 3. The lowest BCUT2D eigenvalue weighted by Crippen LogP contribution is -2.70. The molecule has 2 amide bonds. The second kappa shape index (κ2) is 10.4. The van der Waals surface area contributed by atoms with Crippen molar-refractivity contribution < 1.29 is 41.7 Å². The molecule has 3 saturated carbocycles. The van der Waals surface area contributed by atoms with Gasteiger partial charge in [-0.1, -0.05) is 23.7 Å². The number of ether oxygens (including phenoxy) is 2. The summed E-state index contributed by atoms with van der Waals surface area (Å²) in [6.45, 7) is -0.349. The lowest BCUT2D eigenvalue weighted by Gasteiger charge is -2.56. The van der Waals surface area contributed by atoms with Gasteiger partial charge in [0.05, 0.1) is 23.1 Å². The number of hydrogen-bond acceptors (Lipinski definition) is 5. The second-order valence-electron chi connectivity index (χ2n) is 9.49. The van der Waals surface area contributed by atoms with Gasteiger partial charge in [-0.25, -0.2) is 4.39 Å². The summed E-state index contributed by atoms with van der Waals surface area (Å²) in [5, 5.41) is 16.6. The quantitative estimate of drug-likeness (QED) is 0.436. The van der Waals surface area contributed by atoms with Crippen LogP contribution in [0.3, 0.4) is 0 Å². The number of rotatable bonds is 8. The van der Waals surface area contributed by atoms with E-state index < -0.39 is 46.9 Å². The van der Waals surface area contributed by atoms with Crippen molar-refractivity contribution in [2.75, 3.05) is 6.61 Å². The molecule has 0 heterocycles. The maximum Gasteiger partial charge on any atom is 0.573 e. The van der Waals surface area contributed by atoms with Crippen LogP contribution in [0.2, 0.25) is 5.02 Å². The lowest BCUT2D eigenvalue weighted by molar-refractivity contribution is -0.274. The van der Waals surface area contributed by atoms with Gasteiger partial charge in [0.15, 0.2) is 6.61 Å². The molecule has 200 valence electrons. The summed E-state index contributed by atoms with van der Waals surface area (Å²) in [5.74, 6) is -1.80. The maximum atomic E-state index is 13.5. The smallest absolute Gasteiger partial charge is 0.484 e. The minimum atomic E-state index is -4.84.